The predicted octanol–water partition coefficient (Wildman–Crippen LogP) is 4.12. The normalized spacial score (nSPS) is 14.2. The quantitative estimate of drug-likeness (QED) is 0.390. The number of halogens is 1. The topological polar surface area (TPSA) is 96.7 Å². The Morgan fingerprint density at radius 1 is 1.17 bits per heavy atom. The fraction of sp³-hybridized carbons (Fsp3) is 0.308. The molecule has 5 rings (SSSR count). The molecule has 1 amide bonds. The molecule has 0 unspecified atom stereocenters. The average molecular weight is 506 g/mol. The molecule has 1 saturated heterocycles. The second kappa shape index (κ2) is 10.5. The minimum Gasteiger partial charge on any atom is -0.495 e. The Morgan fingerprint density at radius 2 is 2.00 bits per heavy atom. The second-order valence-electron chi connectivity index (χ2n) is 8.73. The van der Waals surface area contributed by atoms with Crippen LogP contribution in [0.3, 0.4) is 0 Å². The Morgan fingerprint density at radius 3 is 2.78 bits per heavy atom. The number of aromatic nitrogens is 4. The summed E-state index contributed by atoms with van der Waals surface area (Å²) in [5.41, 5.74) is 4.13. The lowest BCUT2D eigenvalue weighted by atomic mass is 9.89. The number of hydrogen-bond acceptors (Lipinski definition) is 7. The van der Waals surface area contributed by atoms with E-state index < -0.39 is 0 Å². The minimum atomic E-state index is 0.152. The van der Waals surface area contributed by atoms with Gasteiger partial charge in [0, 0.05) is 19.3 Å². The number of methoxy groups -OCH3 is 1. The molecule has 10 heteroatoms. The first kappa shape index (κ1) is 24.0. The summed E-state index contributed by atoms with van der Waals surface area (Å²) in [6, 6.07) is 11.9. The van der Waals surface area contributed by atoms with Crippen molar-refractivity contribution in [2.45, 2.75) is 18.8 Å². The predicted molar refractivity (Wildman–Crippen MR) is 140 cm³/mol. The molecule has 186 valence electrons. The number of hydrogen-bond donors (Lipinski definition) is 2. The number of piperidine rings is 1. The maximum absolute atomic E-state index is 12.2. The number of benzene rings is 1. The number of imidazole rings is 1. The number of anilines is 2. The van der Waals surface area contributed by atoms with Crippen LogP contribution in [0.15, 0.2) is 55.0 Å². The van der Waals surface area contributed by atoms with Crippen molar-refractivity contribution in [1.82, 2.24) is 29.6 Å². The maximum Gasteiger partial charge on any atom is 0.236 e. The van der Waals surface area contributed by atoms with Crippen molar-refractivity contribution < 1.29 is 9.53 Å². The lowest BCUT2D eigenvalue weighted by Gasteiger charge is -2.32. The summed E-state index contributed by atoms with van der Waals surface area (Å²) < 4.78 is 7.63. The van der Waals surface area contributed by atoms with Crippen molar-refractivity contribution >= 4 is 34.8 Å². The van der Waals surface area contributed by atoms with Crippen LogP contribution in [0.5, 0.6) is 5.75 Å². The van der Waals surface area contributed by atoms with Gasteiger partial charge in [0.1, 0.15) is 17.1 Å². The van der Waals surface area contributed by atoms with Crippen LogP contribution in [0.4, 0.5) is 11.6 Å². The van der Waals surface area contributed by atoms with Crippen molar-refractivity contribution in [1.29, 1.82) is 0 Å². The Bertz CT molecular complexity index is 1380. The molecular weight excluding hydrogens is 478 g/mol. The first-order valence-electron chi connectivity index (χ1n) is 11.9. The highest BCUT2D eigenvalue weighted by Gasteiger charge is 2.24. The third-order valence-corrected chi connectivity index (χ3v) is 6.80. The summed E-state index contributed by atoms with van der Waals surface area (Å²) in [6.07, 6.45) is 7.10. The molecule has 2 N–H and O–H groups in total. The van der Waals surface area contributed by atoms with Crippen LogP contribution in [0.25, 0.3) is 17.0 Å². The highest BCUT2D eigenvalue weighted by Crippen LogP contribution is 2.35. The average Bonchev–Trinajstić information content (AvgIpc) is 3.34. The lowest BCUT2D eigenvalue weighted by Crippen LogP contribution is -2.41. The molecular formula is C26H28ClN7O2. The molecule has 0 atom stereocenters. The van der Waals surface area contributed by atoms with Gasteiger partial charge in [-0.15, -0.1) is 0 Å². The monoisotopic (exact) mass is 505 g/mol. The summed E-state index contributed by atoms with van der Waals surface area (Å²) >= 11 is 6.46. The molecule has 0 bridgehead atoms. The fourth-order valence-corrected chi connectivity index (χ4v) is 4.81. The molecule has 1 aliphatic heterocycles. The van der Waals surface area contributed by atoms with E-state index in [1.807, 2.05) is 39.8 Å². The standard InChI is InChI=1S/C26H28ClN7O2/c1-28-16-24(35)33-11-8-17(9-12-33)18-6-7-20(22(13-18)36-2)31-26-30-14-19(27)25(32-26)21-15-29-23-5-3-4-10-34(21)23/h3-7,10,13-15,17,28H,8-9,11-12,16H2,1-2H3,(H,30,31,32). The first-order valence-corrected chi connectivity index (χ1v) is 12.3. The van der Waals surface area contributed by atoms with E-state index >= 15 is 0 Å². The number of carbonyl (C=O) groups is 1. The lowest BCUT2D eigenvalue weighted by molar-refractivity contribution is -0.131. The summed E-state index contributed by atoms with van der Waals surface area (Å²) in [7, 11) is 3.44. The molecule has 4 heterocycles. The number of fused-ring (bicyclic) bond motifs is 1. The molecule has 0 spiro atoms. The van der Waals surface area contributed by atoms with Gasteiger partial charge in [-0.25, -0.2) is 15.0 Å². The van der Waals surface area contributed by atoms with Crippen LogP contribution in [0, 0.1) is 0 Å². The number of nitrogens with one attached hydrogen (secondary N) is 2. The van der Waals surface area contributed by atoms with Crippen LogP contribution in [0.2, 0.25) is 5.02 Å². The van der Waals surface area contributed by atoms with Crippen molar-refractivity contribution in [3.8, 4) is 17.1 Å². The molecule has 1 fully saturated rings. The van der Waals surface area contributed by atoms with Gasteiger partial charge in [-0.3, -0.25) is 9.20 Å². The zero-order valence-corrected chi connectivity index (χ0v) is 21.0. The smallest absolute Gasteiger partial charge is 0.236 e. The molecule has 4 aromatic rings. The van der Waals surface area contributed by atoms with E-state index in [0.717, 1.165) is 43.0 Å². The van der Waals surface area contributed by atoms with E-state index in [1.165, 1.54) is 5.56 Å². The van der Waals surface area contributed by atoms with Crippen molar-refractivity contribution in [2.24, 2.45) is 0 Å². The van der Waals surface area contributed by atoms with Gasteiger partial charge in [0.25, 0.3) is 0 Å². The summed E-state index contributed by atoms with van der Waals surface area (Å²) in [6.45, 7) is 1.90. The summed E-state index contributed by atoms with van der Waals surface area (Å²) in [5.74, 6) is 1.64. The number of carbonyl (C=O) groups excluding carboxylic acids is 1. The first-order chi connectivity index (χ1) is 17.6. The Hall–Kier alpha value is -3.69. The third kappa shape index (κ3) is 4.84. The van der Waals surface area contributed by atoms with E-state index in [9.17, 15) is 4.79 Å². The highest BCUT2D eigenvalue weighted by molar-refractivity contribution is 6.32. The van der Waals surface area contributed by atoms with Gasteiger partial charge in [0.05, 0.1) is 42.5 Å². The number of likely N-dealkylation sites (N-methyl/N-ethyl adjacent to an activating group) is 1. The van der Waals surface area contributed by atoms with Crippen LogP contribution >= 0.6 is 11.6 Å². The number of ether oxygens (including phenoxy) is 1. The molecule has 1 aromatic carbocycles. The SMILES string of the molecule is CNCC(=O)N1CCC(c2ccc(Nc3ncc(Cl)c(-c4cnc5ccccn45)n3)c(OC)c2)CC1. The fourth-order valence-electron chi connectivity index (χ4n) is 4.63. The van der Waals surface area contributed by atoms with E-state index in [4.69, 9.17) is 16.3 Å². The number of pyridine rings is 1. The number of amides is 1. The largest absolute Gasteiger partial charge is 0.495 e. The van der Waals surface area contributed by atoms with Crippen LogP contribution < -0.4 is 15.4 Å². The number of rotatable bonds is 7. The van der Waals surface area contributed by atoms with Gasteiger partial charge in [-0.2, -0.15) is 0 Å². The Kier molecular flexibility index (Phi) is 7.02. The van der Waals surface area contributed by atoms with Crippen LogP contribution in [-0.4, -0.2) is 64.0 Å². The van der Waals surface area contributed by atoms with Gasteiger partial charge in [0.2, 0.25) is 11.9 Å². The Balaban J connectivity index is 1.34. The molecule has 36 heavy (non-hydrogen) atoms. The zero-order chi connectivity index (χ0) is 25.1. The molecule has 3 aromatic heterocycles. The van der Waals surface area contributed by atoms with E-state index in [1.54, 1.807) is 26.6 Å². The summed E-state index contributed by atoms with van der Waals surface area (Å²) in [4.78, 5) is 27.6. The van der Waals surface area contributed by atoms with Crippen LogP contribution in [0.1, 0.15) is 24.3 Å². The van der Waals surface area contributed by atoms with Gasteiger partial charge in [-0.1, -0.05) is 23.7 Å². The van der Waals surface area contributed by atoms with Crippen LogP contribution in [-0.2, 0) is 4.79 Å². The highest BCUT2D eigenvalue weighted by atomic mass is 35.5. The zero-order valence-electron chi connectivity index (χ0n) is 20.2. The number of nitrogens with zero attached hydrogens (tertiary/aromatic N) is 5. The van der Waals surface area contributed by atoms with Gasteiger partial charge in [-0.05, 0) is 55.6 Å². The minimum absolute atomic E-state index is 0.152. The van der Waals surface area contributed by atoms with E-state index in [2.05, 4.69) is 37.7 Å². The second-order valence-corrected chi connectivity index (χ2v) is 9.14. The molecule has 0 saturated carbocycles. The van der Waals surface area contributed by atoms with E-state index in [-0.39, 0.29) is 5.91 Å². The molecule has 0 aliphatic carbocycles. The maximum atomic E-state index is 12.2. The summed E-state index contributed by atoms with van der Waals surface area (Å²) in [5, 5.41) is 6.64. The molecule has 0 radical (unpaired) electrons. The Labute approximate surface area is 214 Å². The van der Waals surface area contributed by atoms with Gasteiger partial charge < -0.3 is 20.3 Å². The molecule has 9 nitrogen and oxygen atoms in total. The van der Waals surface area contributed by atoms with Gasteiger partial charge >= 0.3 is 0 Å². The third-order valence-electron chi connectivity index (χ3n) is 6.52. The van der Waals surface area contributed by atoms with Crippen molar-refractivity contribution in [3.63, 3.8) is 0 Å². The van der Waals surface area contributed by atoms with Gasteiger partial charge in [0.15, 0.2) is 0 Å². The number of likely N-dealkylation sites (tertiary alicyclic amines) is 1. The molecule has 1 aliphatic rings. The van der Waals surface area contributed by atoms with E-state index in [0.29, 0.717) is 34.9 Å². The van der Waals surface area contributed by atoms with Crippen molar-refractivity contribution in [2.75, 3.05) is 39.1 Å². The van der Waals surface area contributed by atoms with Crippen molar-refractivity contribution in [3.05, 3.63) is 65.6 Å².